The predicted octanol–water partition coefficient (Wildman–Crippen LogP) is 15.3. The Hall–Kier alpha value is -1.34. The van der Waals surface area contributed by atoms with Gasteiger partial charge >= 0.3 is 12.1 Å². The molecular weight excluding hydrogens is 723 g/mol. The Morgan fingerprint density at radius 2 is 0.793 bits per heavy atom. The van der Waals surface area contributed by atoms with E-state index in [1.54, 1.807) is 4.90 Å². The van der Waals surface area contributed by atoms with Gasteiger partial charge in [0.05, 0.1) is 33.0 Å². The van der Waals surface area contributed by atoms with Crippen LogP contribution in [-0.4, -0.2) is 68.2 Å². The van der Waals surface area contributed by atoms with Crippen molar-refractivity contribution < 1.29 is 28.9 Å². The minimum Gasteiger partial charge on any atom is -0.466 e. The van der Waals surface area contributed by atoms with E-state index < -0.39 is 0 Å². The molecule has 1 amide bonds. The predicted molar refractivity (Wildman–Crippen MR) is 248 cm³/mol. The molecule has 0 saturated heterocycles. The number of ether oxygens (including phenoxy) is 3. The standard InChI is InChI=1S/C51H101NO6/c1-5-9-13-17-20-28-36-48(35-27-16-12-8-4)37-29-23-25-34-44-58-51(55)52(41-45-56-46-42-53)40-32-24-26-33-43-57-50(54)47-49(38-30-21-18-14-10-6-2)39-31-22-19-15-11-7-3/h48-49,53H,5-47H2,1-4H3. The highest BCUT2D eigenvalue weighted by Gasteiger charge is 2.17. The van der Waals surface area contributed by atoms with E-state index >= 15 is 0 Å². The number of amides is 1. The number of nitrogens with zero attached hydrogens (tertiary/aromatic N) is 1. The fourth-order valence-electron chi connectivity index (χ4n) is 8.30. The minimum absolute atomic E-state index is 0.0213. The zero-order chi connectivity index (χ0) is 42.4. The number of esters is 1. The van der Waals surface area contributed by atoms with Gasteiger partial charge in [0.15, 0.2) is 0 Å². The molecule has 0 aliphatic carbocycles. The van der Waals surface area contributed by atoms with Crippen LogP contribution in [0, 0.1) is 11.8 Å². The number of carbonyl (C=O) groups excluding carboxylic acids is 2. The summed E-state index contributed by atoms with van der Waals surface area (Å²) in [6, 6.07) is 0. The van der Waals surface area contributed by atoms with Crippen molar-refractivity contribution >= 4 is 12.1 Å². The third-order valence-electron chi connectivity index (χ3n) is 12.1. The van der Waals surface area contributed by atoms with E-state index in [2.05, 4.69) is 27.7 Å². The maximum absolute atomic E-state index is 13.0. The number of aliphatic hydroxyl groups is 1. The smallest absolute Gasteiger partial charge is 0.409 e. The summed E-state index contributed by atoms with van der Waals surface area (Å²) in [5.74, 6) is 1.32. The van der Waals surface area contributed by atoms with Crippen LogP contribution in [0.3, 0.4) is 0 Å². The van der Waals surface area contributed by atoms with E-state index in [1.807, 2.05) is 0 Å². The molecule has 0 aliphatic rings. The summed E-state index contributed by atoms with van der Waals surface area (Å²) in [5.41, 5.74) is 0. The lowest BCUT2D eigenvalue weighted by atomic mass is 9.89. The largest absolute Gasteiger partial charge is 0.466 e. The molecule has 0 bridgehead atoms. The Morgan fingerprint density at radius 3 is 1.26 bits per heavy atom. The first kappa shape index (κ1) is 56.7. The molecule has 0 aromatic rings. The van der Waals surface area contributed by atoms with Gasteiger partial charge in [-0.3, -0.25) is 4.79 Å². The lowest BCUT2D eigenvalue weighted by Gasteiger charge is -2.22. The SMILES string of the molecule is CCCCCCCCC(CCCCCC)CCCCCCOC(=O)N(CCCCCCOC(=O)CC(CCCCCCCC)CCCCCCCC)CCOCCO. The summed E-state index contributed by atoms with van der Waals surface area (Å²) in [6.07, 6.45) is 44.3. The molecule has 1 N–H and O–H groups in total. The number of carbonyl (C=O) groups is 2. The van der Waals surface area contributed by atoms with E-state index in [-0.39, 0.29) is 25.3 Å². The molecule has 7 nitrogen and oxygen atoms in total. The molecule has 7 heteroatoms. The van der Waals surface area contributed by atoms with Crippen LogP contribution >= 0.6 is 0 Å². The lowest BCUT2D eigenvalue weighted by Crippen LogP contribution is -2.35. The third kappa shape index (κ3) is 40.1. The molecule has 0 aromatic carbocycles. The summed E-state index contributed by atoms with van der Waals surface area (Å²) in [4.78, 5) is 27.6. The van der Waals surface area contributed by atoms with Gasteiger partial charge in [-0.05, 0) is 50.4 Å². The van der Waals surface area contributed by atoms with Crippen LogP contribution in [0.25, 0.3) is 0 Å². The van der Waals surface area contributed by atoms with Crippen molar-refractivity contribution in [3.8, 4) is 0 Å². The van der Waals surface area contributed by atoms with Crippen LogP contribution < -0.4 is 0 Å². The average molecular weight is 824 g/mol. The van der Waals surface area contributed by atoms with Crippen LogP contribution in [0.1, 0.15) is 259 Å². The van der Waals surface area contributed by atoms with Crippen molar-refractivity contribution in [3.05, 3.63) is 0 Å². The van der Waals surface area contributed by atoms with Gasteiger partial charge in [-0.2, -0.15) is 0 Å². The van der Waals surface area contributed by atoms with Gasteiger partial charge < -0.3 is 24.2 Å². The van der Waals surface area contributed by atoms with Crippen LogP contribution in [0.2, 0.25) is 0 Å². The van der Waals surface area contributed by atoms with Gasteiger partial charge in [0.1, 0.15) is 0 Å². The van der Waals surface area contributed by atoms with Gasteiger partial charge in [0.2, 0.25) is 0 Å². The van der Waals surface area contributed by atoms with Crippen molar-refractivity contribution in [2.75, 3.05) is 46.1 Å². The molecule has 0 aliphatic heterocycles. The maximum Gasteiger partial charge on any atom is 0.409 e. The van der Waals surface area contributed by atoms with E-state index in [4.69, 9.17) is 19.3 Å². The van der Waals surface area contributed by atoms with Crippen molar-refractivity contribution in [1.82, 2.24) is 4.90 Å². The van der Waals surface area contributed by atoms with Crippen molar-refractivity contribution in [2.24, 2.45) is 11.8 Å². The topological polar surface area (TPSA) is 85.3 Å². The molecule has 0 spiro atoms. The van der Waals surface area contributed by atoms with Crippen LogP contribution in [-0.2, 0) is 19.0 Å². The Labute approximate surface area is 361 Å². The second-order valence-corrected chi connectivity index (χ2v) is 17.7. The van der Waals surface area contributed by atoms with E-state index in [1.165, 1.54) is 173 Å². The summed E-state index contributed by atoms with van der Waals surface area (Å²) < 4.78 is 16.9. The summed E-state index contributed by atoms with van der Waals surface area (Å²) in [7, 11) is 0. The summed E-state index contributed by atoms with van der Waals surface area (Å²) >= 11 is 0. The molecule has 1 atom stereocenters. The first-order chi connectivity index (χ1) is 28.5. The zero-order valence-electron chi connectivity index (χ0n) is 39.5. The van der Waals surface area contributed by atoms with E-state index in [0.717, 1.165) is 57.3 Å². The maximum atomic E-state index is 13.0. The highest BCUT2D eigenvalue weighted by molar-refractivity contribution is 5.69. The highest BCUT2D eigenvalue weighted by Crippen LogP contribution is 2.25. The Morgan fingerprint density at radius 1 is 0.414 bits per heavy atom. The molecular formula is C51H101NO6. The van der Waals surface area contributed by atoms with Crippen LogP contribution in [0.4, 0.5) is 4.79 Å². The van der Waals surface area contributed by atoms with Crippen LogP contribution in [0.15, 0.2) is 0 Å². The quantitative estimate of drug-likeness (QED) is 0.0486. The van der Waals surface area contributed by atoms with Gasteiger partial charge in [-0.25, -0.2) is 4.79 Å². The lowest BCUT2D eigenvalue weighted by molar-refractivity contribution is -0.145. The molecule has 0 radical (unpaired) electrons. The number of hydrogen-bond donors (Lipinski definition) is 1. The Kier molecular flexibility index (Phi) is 45.6. The fraction of sp³-hybridized carbons (Fsp3) is 0.961. The number of unbranched alkanes of at least 4 members (excludes halogenated alkanes) is 24. The minimum atomic E-state index is -0.260. The second-order valence-electron chi connectivity index (χ2n) is 17.7. The fourth-order valence-corrected chi connectivity index (χ4v) is 8.30. The second kappa shape index (κ2) is 46.7. The molecule has 0 heterocycles. The molecule has 0 aromatic heterocycles. The third-order valence-corrected chi connectivity index (χ3v) is 12.1. The number of rotatable bonds is 47. The zero-order valence-corrected chi connectivity index (χ0v) is 39.5. The number of aliphatic hydroxyl groups excluding tert-OH is 1. The first-order valence-electron chi connectivity index (χ1n) is 25.8. The average Bonchev–Trinajstić information content (AvgIpc) is 3.22. The van der Waals surface area contributed by atoms with E-state index in [0.29, 0.717) is 45.2 Å². The van der Waals surface area contributed by atoms with Gasteiger partial charge in [-0.1, -0.05) is 214 Å². The molecule has 58 heavy (non-hydrogen) atoms. The van der Waals surface area contributed by atoms with Crippen molar-refractivity contribution in [3.63, 3.8) is 0 Å². The molecule has 0 rings (SSSR count). The molecule has 0 fully saturated rings. The van der Waals surface area contributed by atoms with Crippen molar-refractivity contribution in [2.45, 2.75) is 259 Å². The summed E-state index contributed by atoms with van der Waals surface area (Å²) in [6.45, 7) is 11.8. The Balaban J connectivity index is 4.46. The first-order valence-corrected chi connectivity index (χ1v) is 25.8. The molecule has 1 unspecified atom stereocenters. The number of hydrogen-bond acceptors (Lipinski definition) is 6. The van der Waals surface area contributed by atoms with E-state index in [9.17, 15) is 9.59 Å². The van der Waals surface area contributed by atoms with Crippen LogP contribution in [0.5, 0.6) is 0 Å². The van der Waals surface area contributed by atoms with Gasteiger partial charge in [0.25, 0.3) is 0 Å². The van der Waals surface area contributed by atoms with Gasteiger partial charge in [0, 0.05) is 19.5 Å². The normalized spacial score (nSPS) is 12.0. The summed E-state index contributed by atoms with van der Waals surface area (Å²) in [5, 5.41) is 9.10. The highest BCUT2D eigenvalue weighted by atomic mass is 16.6. The van der Waals surface area contributed by atoms with Crippen molar-refractivity contribution in [1.29, 1.82) is 0 Å². The monoisotopic (exact) mass is 824 g/mol. The van der Waals surface area contributed by atoms with Gasteiger partial charge in [-0.15, -0.1) is 0 Å². The molecule has 346 valence electrons. The Bertz CT molecular complexity index is 824. The molecule has 0 saturated carbocycles.